The zero-order valence-corrected chi connectivity index (χ0v) is 13.6. The molecule has 122 valence electrons. The molecule has 4 nitrogen and oxygen atoms in total. The Labute approximate surface area is 141 Å². The summed E-state index contributed by atoms with van der Waals surface area (Å²) >= 11 is 0. The minimum Gasteiger partial charge on any atom is -0.508 e. The first kappa shape index (κ1) is 14.1. The number of aromatic hydroxyl groups is 1. The largest absolute Gasteiger partial charge is 0.508 e. The minimum atomic E-state index is -0.0668. The summed E-state index contributed by atoms with van der Waals surface area (Å²) in [6.07, 6.45) is 2.42. The van der Waals surface area contributed by atoms with Crippen LogP contribution in [0.2, 0.25) is 0 Å². The van der Waals surface area contributed by atoms with Crippen LogP contribution < -0.4 is 0 Å². The standard InChI is InChI=1S/C20H20N2O2/c1-22-19(13-7-8-13)16-11-14(23)9-10-15(16)17-18(21-24-20(17)22)12-5-3-2-4-6-12/h2-6,9-11,13,17,19-20,23H,7-8H2,1H3/t17-,19+,20+/m0/s1. The number of likely N-dealkylation sites (N-methyl/N-ethyl adjacent to an activating group) is 1. The van der Waals surface area contributed by atoms with Crippen molar-refractivity contribution in [3.8, 4) is 5.75 Å². The number of oxime groups is 1. The molecule has 2 aliphatic heterocycles. The summed E-state index contributed by atoms with van der Waals surface area (Å²) in [4.78, 5) is 8.19. The molecule has 3 atom stereocenters. The number of hydrogen-bond acceptors (Lipinski definition) is 4. The molecule has 5 rings (SSSR count). The van der Waals surface area contributed by atoms with Crippen LogP contribution in [0.1, 0.15) is 41.5 Å². The van der Waals surface area contributed by atoms with Crippen LogP contribution in [0.25, 0.3) is 0 Å². The smallest absolute Gasteiger partial charge is 0.194 e. The molecule has 1 aliphatic carbocycles. The molecule has 0 radical (unpaired) electrons. The van der Waals surface area contributed by atoms with E-state index in [1.165, 1.54) is 24.0 Å². The quantitative estimate of drug-likeness (QED) is 0.919. The van der Waals surface area contributed by atoms with Gasteiger partial charge in [0.05, 0.1) is 11.6 Å². The summed E-state index contributed by atoms with van der Waals surface area (Å²) in [5.74, 6) is 1.08. The molecule has 0 amide bonds. The van der Waals surface area contributed by atoms with Crippen molar-refractivity contribution in [3.63, 3.8) is 0 Å². The molecule has 24 heavy (non-hydrogen) atoms. The van der Waals surface area contributed by atoms with Gasteiger partial charge in [0, 0.05) is 11.6 Å². The molecule has 1 fully saturated rings. The zero-order valence-electron chi connectivity index (χ0n) is 13.6. The maximum absolute atomic E-state index is 10.0. The second-order valence-corrected chi connectivity index (χ2v) is 7.08. The molecule has 2 heterocycles. The molecule has 2 aromatic carbocycles. The van der Waals surface area contributed by atoms with Gasteiger partial charge in [0.25, 0.3) is 0 Å². The van der Waals surface area contributed by atoms with E-state index >= 15 is 0 Å². The van der Waals surface area contributed by atoms with E-state index in [9.17, 15) is 5.11 Å². The number of phenols is 1. The highest BCUT2D eigenvalue weighted by molar-refractivity contribution is 6.06. The van der Waals surface area contributed by atoms with E-state index in [-0.39, 0.29) is 12.1 Å². The number of fused-ring (bicyclic) bond motifs is 3. The molecule has 0 saturated heterocycles. The number of phenolic OH excluding ortho intramolecular Hbond substituents is 1. The first-order valence-electron chi connectivity index (χ1n) is 8.58. The van der Waals surface area contributed by atoms with E-state index in [0.29, 0.717) is 17.7 Å². The van der Waals surface area contributed by atoms with Crippen LogP contribution in [0.5, 0.6) is 5.75 Å². The van der Waals surface area contributed by atoms with Crippen molar-refractivity contribution in [2.24, 2.45) is 11.1 Å². The van der Waals surface area contributed by atoms with Crippen LogP contribution in [0.4, 0.5) is 0 Å². The number of rotatable bonds is 2. The van der Waals surface area contributed by atoms with Gasteiger partial charge in [0.15, 0.2) is 6.23 Å². The molecule has 0 unspecified atom stereocenters. The summed E-state index contributed by atoms with van der Waals surface area (Å²) in [5.41, 5.74) is 4.55. The van der Waals surface area contributed by atoms with Gasteiger partial charge in [0.1, 0.15) is 5.75 Å². The monoisotopic (exact) mass is 320 g/mol. The van der Waals surface area contributed by atoms with Crippen molar-refractivity contribution >= 4 is 5.71 Å². The molecule has 3 aliphatic rings. The Bertz CT molecular complexity index is 814. The minimum absolute atomic E-state index is 0.0668. The van der Waals surface area contributed by atoms with Crippen LogP contribution >= 0.6 is 0 Å². The fourth-order valence-corrected chi connectivity index (χ4v) is 4.29. The molecular weight excluding hydrogens is 300 g/mol. The molecule has 0 aromatic heterocycles. The lowest BCUT2D eigenvalue weighted by Crippen LogP contribution is -2.45. The third kappa shape index (κ3) is 1.99. The van der Waals surface area contributed by atoms with Crippen molar-refractivity contribution in [2.75, 3.05) is 7.05 Å². The Hall–Kier alpha value is -2.33. The van der Waals surface area contributed by atoms with Gasteiger partial charge < -0.3 is 9.94 Å². The maximum Gasteiger partial charge on any atom is 0.194 e. The van der Waals surface area contributed by atoms with Gasteiger partial charge in [-0.25, -0.2) is 0 Å². The normalized spacial score (nSPS) is 28.7. The highest BCUT2D eigenvalue weighted by Gasteiger charge is 2.50. The average molecular weight is 320 g/mol. The topological polar surface area (TPSA) is 45.1 Å². The van der Waals surface area contributed by atoms with E-state index in [2.05, 4.69) is 35.3 Å². The van der Waals surface area contributed by atoms with Crippen LogP contribution in [-0.4, -0.2) is 29.0 Å². The summed E-state index contributed by atoms with van der Waals surface area (Å²) in [6.45, 7) is 0. The number of nitrogens with zero attached hydrogens (tertiary/aromatic N) is 2. The Morgan fingerprint density at radius 3 is 2.62 bits per heavy atom. The fraction of sp³-hybridized carbons (Fsp3) is 0.350. The number of benzene rings is 2. The molecule has 1 N–H and O–H groups in total. The zero-order chi connectivity index (χ0) is 16.3. The predicted octanol–water partition coefficient (Wildman–Crippen LogP) is 3.63. The summed E-state index contributed by atoms with van der Waals surface area (Å²) in [5, 5.41) is 14.5. The van der Waals surface area contributed by atoms with E-state index < -0.39 is 0 Å². The summed E-state index contributed by atoms with van der Waals surface area (Å²) in [7, 11) is 2.12. The molecule has 2 aromatic rings. The van der Waals surface area contributed by atoms with Crippen LogP contribution in [-0.2, 0) is 4.84 Å². The van der Waals surface area contributed by atoms with Gasteiger partial charge in [0.2, 0.25) is 0 Å². The third-order valence-electron chi connectivity index (χ3n) is 5.54. The van der Waals surface area contributed by atoms with Crippen molar-refractivity contribution < 1.29 is 9.94 Å². The third-order valence-corrected chi connectivity index (χ3v) is 5.54. The molecule has 0 bridgehead atoms. The van der Waals surface area contributed by atoms with Crippen molar-refractivity contribution in [1.82, 2.24) is 4.90 Å². The Kier molecular flexibility index (Phi) is 2.98. The highest BCUT2D eigenvalue weighted by Crippen LogP contribution is 2.53. The van der Waals surface area contributed by atoms with Gasteiger partial charge in [-0.15, -0.1) is 0 Å². The average Bonchev–Trinajstić information content (AvgIpc) is 3.33. The van der Waals surface area contributed by atoms with Gasteiger partial charge in [-0.2, -0.15) is 0 Å². The maximum atomic E-state index is 10.0. The first-order valence-corrected chi connectivity index (χ1v) is 8.58. The second kappa shape index (κ2) is 5.08. The molecule has 0 spiro atoms. The summed E-state index contributed by atoms with van der Waals surface area (Å²) in [6, 6.07) is 16.3. The first-order chi connectivity index (χ1) is 11.7. The lowest BCUT2D eigenvalue weighted by molar-refractivity contribution is -0.0659. The van der Waals surface area contributed by atoms with Crippen molar-refractivity contribution in [2.45, 2.75) is 31.0 Å². The number of hydrogen-bond donors (Lipinski definition) is 1. The Morgan fingerprint density at radius 1 is 1.08 bits per heavy atom. The van der Waals surface area contributed by atoms with Crippen LogP contribution in [0, 0.1) is 5.92 Å². The van der Waals surface area contributed by atoms with E-state index in [1.807, 2.05) is 24.3 Å². The fourth-order valence-electron chi connectivity index (χ4n) is 4.29. The summed E-state index contributed by atoms with van der Waals surface area (Å²) < 4.78 is 0. The van der Waals surface area contributed by atoms with E-state index in [0.717, 1.165) is 11.3 Å². The molecule has 1 saturated carbocycles. The lowest BCUT2D eigenvalue weighted by atomic mass is 9.79. The SMILES string of the molecule is CN1[C@@H]2ON=C(c3ccccc3)[C@@H]2c2ccc(O)cc2[C@H]1C1CC1. The molecule has 4 heteroatoms. The van der Waals surface area contributed by atoms with Gasteiger partial charge >= 0.3 is 0 Å². The molecular formula is C20H20N2O2. The van der Waals surface area contributed by atoms with Gasteiger partial charge in [-0.1, -0.05) is 41.6 Å². The van der Waals surface area contributed by atoms with Crippen LogP contribution in [0.15, 0.2) is 53.7 Å². The van der Waals surface area contributed by atoms with Crippen LogP contribution in [0.3, 0.4) is 0 Å². The van der Waals surface area contributed by atoms with Gasteiger partial charge in [-0.3, -0.25) is 4.90 Å². The Morgan fingerprint density at radius 2 is 1.88 bits per heavy atom. The highest BCUT2D eigenvalue weighted by atomic mass is 16.7. The predicted molar refractivity (Wildman–Crippen MR) is 91.9 cm³/mol. The van der Waals surface area contributed by atoms with E-state index in [1.54, 1.807) is 6.07 Å². The van der Waals surface area contributed by atoms with Crippen molar-refractivity contribution in [3.05, 3.63) is 65.2 Å². The second-order valence-electron chi connectivity index (χ2n) is 7.08. The Balaban J connectivity index is 1.65. The van der Waals surface area contributed by atoms with Crippen molar-refractivity contribution in [1.29, 1.82) is 0 Å². The lowest BCUT2D eigenvalue weighted by Gasteiger charge is -2.41. The van der Waals surface area contributed by atoms with E-state index in [4.69, 9.17) is 4.84 Å². The van der Waals surface area contributed by atoms with Gasteiger partial charge in [-0.05, 0) is 49.1 Å².